The normalized spacial score (nSPS) is 10.5. The fourth-order valence-corrected chi connectivity index (χ4v) is 3.20. The maximum absolute atomic E-state index is 12.3. The number of carbonyl (C=O) groups excluding carboxylic acids is 3. The smallest absolute Gasteiger partial charge is 0.343 e. The molecule has 3 aromatic rings. The molecule has 2 N–H and O–H groups in total. The molecule has 174 valence electrons. The summed E-state index contributed by atoms with van der Waals surface area (Å²) >= 11 is 3.30. The van der Waals surface area contributed by atoms with Gasteiger partial charge >= 0.3 is 5.97 Å². The number of ether oxygens (including phenoxy) is 2. The monoisotopic (exact) mass is 523 g/mol. The number of amides is 2. The van der Waals surface area contributed by atoms with Crippen LogP contribution in [0, 0.1) is 0 Å². The Hall–Kier alpha value is -3.98. The Morgan fingerprint density at radius 3 is 2.44 bits per heavy atom. The maximum Gasteiger partial charge on any atom is 0.343 e. The lowest BCUT2D eigenvalue weighted by Gasteiger charge is -2.11. The first-order chi connectivity index (χ1) is 16.5. The van der Waals surface area contributed by atoms with Crippen molar-refractivity contribution in [3.05, 3.63) is 94.0 Å². The molecule has 3 aromatic carbocycles. The van der Waals surface area contributed by atoms with Gasteiger partial charge in [0.15, 0.2) is 11.5 Å². The molecule has 0 bridgehead atoms. The number of nitrogens with zero attached hydrogens (tertiary/aromatic N) is 1. The van der Waals surface area contributed by atoms with Gasteiger partial charge in [-0.2, -0.15) is 5.10 Å². The molecule has 0 fully saturated rings. The van der Waals surface area contributed by atoms with Crippen LogP contribution in [0.4, 0.5) is 0 Å². The number of halogens is 1. The van der Waals surface area contributed by atoms with Crippen molar-refractivity contribution in [2.45, 2.75) is 6.92 Å². The predicted octanol–water partition coefficient (Wildman–Crippen LogP) is 3.95. The summed E-state index contributed by atoms with van der Waals surface area (Å²) in [5, 5.41) is 6.42. The van der Waals surface area contributed by atoms with E-state index in [9.17, 15) is 14.4 Å². The summed E-state index contributed by atoms with van der Waals surface area (Å²) in [6.07, 6.45) is 1.42. The van der Waals surface area contributed by atoms with Crippen LogP contribution in [-0.2, 0) is 4.79 Å². The standard InChI is InChI=1S/C25H22BrN3O5/c1-2-33-22-13-17(11-12-21(22)34-25(32)18-7-4-3-5-8-18)15-28-29-23(30)16-27-24(31)19-9-6-10-20(26)14-19/h3-15H,2,16H2,1H3,(H,27,31)(H,29,30). The number of rotatable bonds is 9. The van der Waals surface area contributed by atoms with Crippen LogP contribution >= 0.6 is 15.9 Å². The van der Waals surface area contributed by atoms with Crippen molar-refractivity contribution in [1.29, 1.82) is 0 Å². The molecular weight excluding hydrogens is 502 g/mol. The van der Waals surface area contributed by atoms with Crippen molar-refractivity contribution < 1.29 is 23.9 Å². The zero-order valence-electron chi connectivity index (χ0n) is 18.3. The van der Waals surface area contributed by atoms with Gasteiger partial charge in [-0.1, -0.05) is 40.2 Å². The molecule has 9 heteroatoms. The van der Waals surface area contributed by atoms with Crippen molar-refractivity contribution in [2.24, 2.45) is 5.10 Å². The van der Waals surface area contributed by atoms with Gasteiger partial charge in [0.1, 0.15) is 0 Å². The molecule has 0 aliphatic rings. The van der Waals surface area contributed by atoms with E-state index in [1.165, 1.54) is 6.21 Å². The molecule has 0 spiro atoms. The van der Waals surface area contributed by atoms with E-state index in [1.54, 1.807) is 66.7 Å². The second kappa shape index (κ2) is 12.3. The summed E-state index contributed by atoms with van der Waals surface area (Å²) < 4.78 is 11.8. The molecule has 0 atom stereocenters. The van der Waals surface area contributed by atoms with Gasteiger partial charge in [0.2, 0.25) is 0 Å². The fourth-order valence-electron chi connectivity index (χ4n) is 2.80. The van der Waals surface area contributed by atoms with Crippen molar-refractivity contribution in [3.8, 4) is 11.5 Å². The third kappa shape index (κ3) is 7.28. The van der Waals surface area contributed by atoms with Gasteiger partial charge in [0.05, 0.1) is 24.9 Å². The lowest BCUT2D eigenvalue weighted by molar-refractivity contribution is -0.120. The van der Waals surface area contributed by atoms with Crippen molar-refractivity contribution in [1.82, 2.24) is 10.7 Å². The lowest BCUT2D eigenvalue weighted by atomic mass is 10.2. The number of carbonyl (C=O) groups is 3. The van der Waals surface area contributed by atoms with E-state index in [0.717, 1.165) is 4.47 Å². The number of hydrogen-bond acceptors (Lipinski definition) is 6. The Kier molecular flexibility index (Phi) is 8.93. The highest BCUT2D eigenvalue weighted by molar-refractivity contribution is 9.10. The third-order valence-corrected chi connectivity index (χ3v) is 4.87. The Bertz CT molecular complexity index is 1200. The summed E-state index contributed by atoms with van der Waals surface area (Å²) in [6, 6.07) is 20.4. The molecule has 0 saturated heterocycles. The SMILES string of the molecule is CCOc1cc(C=NNC(=O)CNC(=O)c2cccc(Br)c2)ccc1OC(=O)c1ccccc1. The second-order valence-corrected chi connectivity index (χ2v) is 7.80. The molecule has 2 amide bonds. The molecule has 0 saturated carbocycles. The van der Waals surface area contributed by atoms with E-state index in [4.69, 9.17) is 9.47 Å². The minimum atomic E-state index is -0.500. The van der Waals surface area contributed by atoms with Gasteiger partial charge < -0.3 is 14.8 Å². The summed E-state index contributed by atoms with van der Waals surface area (Å²) in [7, 11) is 0. The average Bonchev–Trinajstić information content (AvgIpc) is 2.84. The molecule has 0 heterocycles. The number of hydrogen-bond donors (Lipinski definition) is 2. The van der Waals surface area contributed by atoms with Gasteiger partial charge in [-0.3, -0.25) is 9.59 Å². The Morgan fingerprint density at radius 1 is 0.941 bits per heavy atom. The van der Waals surface area contributed by atoms with E-state index in [1.807, 2.05) is 13.0 Å². The van der Waals surface area contributed by atoms with Crippen LogP contribution in [0.5, 0.6) is 11.5 Å². The van der Waals surface area contributed by atoms with Crippen LogP contribution in [0.15, 0.2) is 82.4 Å². The summed E-state index contributed by atoms with van der Waals surface area (Å²) in [6.45, 7) is 1.94. The maximum atomic E-state index is 12.3. The second-order valence-electron chi connectivity index (χ2n) is 6.88. The van der Waals surface area contributed by atoms with Crippen LogP contribution in [0.25, 0.3) is 0 Å². The van der Waals surface area contributed by atoms with Crippen LogP contribution < -0.4 is 20.2 Å². The minimum Gasteiger partial charge on any atom is -0.490 e. The number of hydrazone groups is 1. The average molecular weight is 524 g/mol. The number of benzene rings is 3. The molecule has 0 aliphatic heterocycles. The molecule has 0 aliphatic carbocycles. The predicted molar refractivity (Wildman–Crippen MR) is 131 cm³/mol. The Morgan fingerprint density at radius 2 is 1.71 bits per heavy atom. The van der Waals surface area contributed by atoms with Crippen LogP contribution in [0.3, 0.4) is 0 Å². The lowest BCUT2D eigenvalue weighted by Crippen LogP contribution is -2.34. The van der Waals surface area contributed by atoms with Crippen LogP contribution in [-0.4, -0.2) is 37.1 Å². The highest BCUT2D eigenvalue weighted by Crippen LogP contribution is 2.29. The topological polar surface area (TPSA) is 106 Å². The van der Waals surface area contributed by atoms with E-state index in [2.05, 4.69) is 31.8 Å². The molecule has 0 aromatic heterocycles. The largest absolute Gasteiger partial charge is 0.490 e. The molecule has 0 unspecified atom stereocenters. The number of nitrogens with one attached hydrogen (secondary N) is 2. The highest BCUT2D eigenvalue weighted by Gasteiger charge is 2.13. The van der Waals surface area contributed by atoms with E-state index in [-0.39, 0.29) is 18.2 Å². The van der Waals surface area contributed by atoms with Gasteiger partial charge in [-0.15, -0.1) is 0 Å². The molecule has 8 nitrogen and oxygen atoms in total. The highest BCUT2D eigenvalue weighted by atomic mass is 79.9. The van der Waals surface area contributed by atoms with E-state index in [0.29, 0.717) is 29.0 Å². The van der Waals surface area contributed by atoms with Crippen molar-refractivity contribution in [2.75, 3.05) is 13.2 Å². The van der Waals surface area contributed by atoms with Crippen LogP contribution in [0.1, 0.15) is 33.2 Å². The molecular formula is C25H22BrN3O5. The summed E-state index contributed by atoms with van der Waals surface area (Å²) in [5.41, 5.74) is 3.82. The molecule has 3 rings (SSSR count). The summed E-state index contributed by atoms with van der Waals surface area (Å²) in [5.74, 6) is -0.726. The fraction of sp³-hybridized carbons (Fsp3) is 0.120. The zero-order valence-corrected chi connectivity index (χ0v) is 19.9. The first-order valence-corrected chi connectivity index (χ1v) is 11.2. The van der Waals surface area contributed by atoms with Gasteiger partial charge in [-0.25, -0.2) is 10.2 Å². The van der Waals surface area contributed by atoms with Gasteiger partial charge in [-0.05, 0) is 61.0 Å². The minimum absolute atomic E-state index is 0.235. The first-order valence-electron chi connectivity index (χ1n) is 10.4. The Labute approximate surface area is 205 Å². The summed E-state index contributed by atoms with van der Waals surface area (Å²) in [4.78, 5) is 36.4. The van der Waals surface area contributed by atoms with E-state index < -0.39 is 11.9 Å². The molecule has 34 heavy (non-hydrogen) atoms. The Balaban J connectivity index is 1.56. The molecule has 0 radical (unpaired) electrons. The number of esters is 1. The van der Waals surface area contributed by atoms with Gasteiger partial charge in [0.25, 0.3) is 11.8 Å². The van der Waals surface area contributed by atoms with Crippen LogP contribution in [0.2, 0.25) is 0 Å². The first kappa shape index (κ1) is 24.7. The third-order valence-electron chi connectivity index (χ3n) is 4.38. The zero-order chi connectivity index (χ0) is 24.3. The van der Waals surface area contributed by atoms with E-state index >= 15 is 0 Å². The van der Waals surface area contributed by atoms with Crippen molar-refractivity contribution in [3.63, 3.8) is 0 Å². The quantitative estimate of drug-likeness (QED) is 0.191. The van der Waals surface area contributed by atoms with Crippen molar-refractivity contribution >= 4 is 39.9 Å². The van der Waals surface area contributed by atoms with Gasteiger partial charge in [0, 0.05) is 10.0 Å².